The number of amides is 1. The van der Waals surface area contributed by atoms with Crippen molar-refractivity contribution in [1.82, 2.24) is 14.9 Å². The zero-order valence-electron chi connectivity index (χ0n) is 14.7. The summed E-state index contributed by atoms with van der Waals surface area (Å²) in [7, 11) is 0. The lowest BCUT2D eigenvalue weighted by Gasteiger charge is -2.35. The largest absolute Gasteiger partial charge is 0.472 e. The minimum atomic E-state index is -0.848. The van der Waals surface area contributed by atoms with Crippen LogP contribution >= 0.6 is 0 Å². The van der Waals surface area contributed by atoms with E-state index in [2.05, 4.69) is 9.97 Å². The number of benzene rings is 1. The molecule has 0 N–H and O–H groups in total. The van der Waals surface area contributed by atoms with Crippen LogP contribution in [0.4, 0.5) is 14.6 Å². The number of aromatic nitrogens is 2. The molecule has 0 atom stereocenters. The summed E-state index contributed by atoms with van der Waals surface area (Å²) in [6.45, 7) is 5.38. The lowest BCUT2D eigenvalue weighted by atomic mass is 10.1. The van der Waals surface area contributed by atoms with E-state index in [-0.39, 0.29) is 6.10 Å². The third-order valence-corrected chi connectivity index (χ3v) is 4.04. The maximum absolute atomic E-state index is 13.8. The van der Waals surface area contributed by atoms with Crippen molar-refractivity contribution in [2.75, 3.05) is 31.1 Å². The van der Waals surface area contributed by atoms with Crippen LogP contribution in [0, 0.1) is 11.6 Å². The van der Waals surface area contributed by atoms with E-state index in [0.29, 0.717) is 37.9 Å². The average Bonchev–Trinajstić information content (AvgIpc) is 2.61. The van der Waals surface area contributed by atoms with Crippen LogP contribution in [0.2, 0.25) is 0 Å². The molecule has 3 rings (SSSR count). The summed E-state index contributed by atoms with van der Waals surface area (Å²) >= 11 is 0. The highest BCUT2D eigenvalue weighted by atomic mass is 19.1. The Kier molecular flexibility index (Phi) is 5.29. The molecular formula is C18H20F2N4O2. The van der Waals surface area contributed by atoms with Gasteiger partial charge in [-0.2, -0.15) is 0 Å². The zero-order chi connectivity index (χ0) is 18.7. The van der Waals surface area contributed by atoms with Gasteiger partial charge in [-0.15, -0.1) is 0 Å². The van der Waals surface area contributed by atoms with Gasteiger partial charge in [0, 0.05) is 38.6 Å². The molecule has 0 aliphatic carbocycles. The van der Waals surface area contributed by atoms with E-state index < -0.39 is 23.1 Å². The van der Waals surface area contributed by atoms with E-state index in [9.17, 15) is 13.6 Å². The third kappa shape index (κ3) is 3.74. The molecule has 1 aromatic carbocycles. The van der Waals surface area contributed by atoms with E-state index in [1.807, 2.05) is 18.7 Å². The summed E-state index contributed by atoms with van der Waals surface area (Å²) in [6.07, 6.45) is 3.09. The van der Waals surface area contributed by atoms with Crippen LogP contribution in [0.3, 0.4) is 0 Å². The Morgan fingerprint density at radius 3 is 2.31 bits per heavy atom. The molecule has 0 spiro atoms. The fraction of sp³-hybridized carbons (Fsp3) is 0.389. The summed E-state index contributed by atoms with van der Waals surface area (Å²) in [5.74, 6) is -1.30. The molecule has 1 aliphatic rings. The number of carbonyl (C=O) groups is 1. The van der Waals surface area contributed by atoms with Gasteiger partial charge in [0.15, 0.2) is 5.82 Å². The highest BCUT2D eigenvalue weighted by Crippen LogP contribution is 2.25. The molecule has 6 nitrogen and oxygen atoms in total. The van der Waals surface area contributed by atoms with Gasteiger partial charge in [0.05, 0.1) is 6.10 Å². The second-order valence-electron chi connectivity index (χ2n) is 6.23. The van der Waals surface area contributed by atoms with E-state index in [1.165, 1.54) is 11.0 Å². The molecule has 1 fully saturated rings. The average molecular weight is 362 g/mol. The number of nitrogens with zero attached hydrogens (tertiary/aromatic N) is 4. The predicted octanol–water partition coefficient (Wildman–Crippen LogP) is 2.50. The van der Waals surface area contributed by atoms with Crippen molar-refractivity contribution in [2.45, 2.75) is 20.0 Å². The van der Waals surface area contributed by atoms with Gasteiger partial charge >= 0.3 is 0 Å². The van der Waals surface area contributed by atoms with Gasteiger partial charge < -0.3 is 14.5 Å². The summed E-state index contributed by atoms with van der Waals surface area (Å²) in [4.78, 5) is 24.4. The Hall–Kier alpha value is -2.77. The van der Waals surface area contributed by atoms with E-state index in [0.717, 1.165) is 12.1 Å². The molecule has 138 valence electrons. The van der Waals surface area contributed by atoms with Gasteiger partial charge in [0.25, 0.3) is 11.8 Å². The van der Waals surface area contributed by atoms with Gasteiger partial charge in [0.2, 0.25) is 0 Å². The fourth-order valence-corrected chi connectivity index (χ4v) is 2.82. The van der Waals surface area contributed by atoms with Crippen LogP contribution in [0.5, 0.6) is 5.88 Å². The molecule has 0 radical (unpaired) electrons. The van der Waals surface area contributed by atoms with Crippen molar-refractivity contribution in [3.05, 3.63) is 47.8 Å². The second kappa shape index (κ2) is 7.63. The molecule has 1 saturated heterocycles. The van der Waals surface area contributed by atoms with E-state index >= 15 is 0 Å². The van der Waals surface area contributed by atoms with Crippen molar-refractivity contribution in [3.8, 4) is 5.88 Å². The molecule has 0 bridgehead atoms. The minimum Gasteiger partial charge on any atom is -0.472 e. The first-order chi connectivity index (χ1) is 12.5. The molecule has 0 unspecified atom stereocenters. The topological polar surface area (TPSA) is 58.6 Å². The van der Waals surface area contributed by atoms with E-state index in [1.54, 1.807) is 12.4 Å². The number of piperazine rings is 1. The van der Waals surface area contributed by atoms with Crippen LogP contribution in [0.25, 0.3) is 0 Å². The lowest BCUT2D eigenvalue weighted by molar-refractivity contribution is 0.0736. The number of carbonyl (C=O) groups excluding carboxylic acids is 1. The molecule has 0 saturated carbocycles. The van der Waals surface area contributed by atoms with Crippen LogP contribution < -0.4 is 9.64 Å². The van der Waals surface area contributed by atoms with Crippen LogP contribution in [0.15, 0.2) is 30.6 Å². The molecule has 2 heterocycles. The highest BCUT2D eigenvalue weighted by Gasteiger charge is 2.28. The summed E-state index contributed by atoms with van der Waals surface area (Å²) < 4.78 is 33.4. The van der Waals surface area contributed by atoms with Crippen LogP contribution in [-0.2, 0) is 0 Å². The number of anilines is 1. The first-order valence-corrected chi connectivity index (χ1v) is 8.43. The summed E-state index contributed by atoms with van der Waals surface area (Å²) in [5.41, 5.74) is -0.510. The quantitative estimate of drug-likeness (QED) is 0.836. The Morgan fingerprint density at radius 1 is 1.08 bits per heavy atom. The minimum absolute atomic E-state index is 0.0441. The Morgan fingerprint density at radius 2 is 1.69 bits per heavy atom. The van der Waals surface area contributed by atoms with Crippen LogP contribution in [0.1, 0.15) is 24.2 Å². The molecule has 8 heteroatoms. The third-order valence-electron chi connectivity index (χ3n) is 4.04. The fourth-order valence-electron chi connectivity index (χ4n) is 2.82. The number of halogens is 2. The molecule has 2 aromatic rings. The first-order valence-electron chi connectivity index (χ1n) is 8.43. The Labute approximate surface area is 150 Å². The maximum Gasteiger partial charge on any atom is 0.259 e. The lowest BCUT2D eigenvalue weighted by Crippen LogP contribution is -2.49. The van der Waals surface area contributed by atoms with E-state index in [4.69, 9.17) is 4.74 Å². The first kappa shape index (κ1) is 18.0. The van der Waals surface area contributed by atoms with Gasteiger partial charge in [-0.05, 0) is 26.0 Å². The molecular weight excluding hydrogens is 342 g/mol. The van der Waals surface area contributed by atoms with Crippen molar-refractivity contribution in [3.63, 3.8) is 0 Å². The summed E-state index contributed by atoms with van der Waals surface area (Å²) in [6, 6.07) is 3.41. The van der Waals surface area contributed by atoms with Crippen molar-refractivity contribution in [2.24, 2.45) is 0 Å². The highest BCUT2D eigenvalue weighted by molar-refractivity contribution is 5.95. The normalized spacial score (nSPS) is 14.7. The molecule has 1 aliphatic heterocycles. The second-order valence-corrected chi connectivity index (χ2v) is 6.23. The van der Waals surface area contributed by atoms with Crippen molar-refractivity contribution in [1.29, 1.82) is 0 Å². The number of hydrogen-bond acceptors (Lipinski definition) is 5. The van der Waals surface area contributed by atoms with Gasteiger partial charge in [-0.1, -0.05) is 6.07 Å². The SMILES string of the molecule is CC(C)Oc1nccnc1N1CCN(C(=O)c2c(F)cccc2F)CC1. The smallest absolute Gasteiger partial charge is 0.259 e. The van der Waals surface area contributed by atoms with Gasteiger partial charge in [-0.25, -0.2) is 18.7 Å². The Balaban J connectivity index is 1.71. The monoisotopic (exact) mass is 362 g/mol. The summed E-state index contributed by atoms with van der Waals surface area (Å²) in [5, 5.41) is 0. The molecule has 26 heavy (non-hydrogen) atoms. The van der Waals surface area contributed by atoms with Gasteiger partial charge in [-0.3, -0.25) is 4.79 Å². The van der Waals surface area contributed by atoms with Crippen molar-refractivity contribution >= 4 is 11.7 Å². The molecule has 1 amide bonds. The Bertz CT molecular complexity index is 772. The number of ether oxygens (including phenoxy) is 1. The number of hydrogen-bond donors (Lipinski definition) is 0. The number of rotatable bonds is 4. The predicted molar refractivity (Wildman–Crippen MR) is 92.3 cm³/mol. The standard InChI is InChI=1S/C18H20F2N4O2/c1-12(2)26-17-16(21-6-7-22-17)23-8-10-24(11-9-23)18(25)15-13(19)4-3-5-14(15)20/h3-7,12H,8-11H2,1-2H3. The maximum atomic E-state index is 13.8. The van der Waals surface area contributed by atoms with Crippen LogP contribution in [-0.4, -0.2) is 53.1 Å². The zero-order valence-corrected chi connectivity index (χ0v) is 14.7. The van der Waals surface area contributed by atoms with Gasteiger partial charge in [0.1, 0.15) is 17.2 Å². The molecule has 1 aromatic heterocycles. The van der Waals surface area contributed by atoms with Crippen molar-refractivity contribution < 1.29 is 18.3 Å².